The van der Waals surface area contributed by atoms with Crippen LogP contribution in [0.2, 0.25) is 0 Å². The molecule has 0 unspecified atom stereocenters. The van der Waals surface area contributed by atoms with Crippen molar-refractivity contribution < 1.29 is 17.9 Å². The fourth-order valence-corrected chi connectivity index (χ4v) is 3.83. The van der Waals surface area contributed by atoms with E-state index in [0.717, 1.165) is 5.56 Å². The molecule has 0 atom stereocenters. The molecule has 0 radical (unpaired) electrons. The van der Waals surface area contributed by atoms with E-state index in [0.29, 0.717) is 17.4 Å². The maximum absolute atomic E-state index is 12.9. The number of hydrogen-bond donors (Lipinski definition) is 0. The lowest BCUT2D eigenvalue weighted by atomic mass is 10.0. The second kappa shape index (κ2) is 7.89. The maximum atomic E-state index is 12.9. The largest absolute Gasteiger partial charge is 0.497 e. The zero-order valence-electron chi connectivity index (χ0n) is 15.3. The SMILES string of the molecule is COc1ccc(OC)c(S(=O)(=O)N(C)Cc2ccc(C(C)C)cc2)c1. The molecule has 2 rings (SSSR count). The molecule has 25 heavy (non-hydrogen) atoms. The molecule has 0 aliphatic heterocycles. The van der Waals surface area contributed by atoms with Gasteiger partial charge in [-0.1, -0.05) is 38.1 Å². The van der Waals surface area contributed by atoms with Gasteiger partial charge >= 0.3 is 0 Å². The minimum atomic E-state index is -3.71. The number of hydrogen-bond acceptors (Lipinski definition) is 4. The van der Waals surface area contributed by atoms with E-state index in [9.17, 15) is 8.42 Å². The number of ether oxygens (including phenoxy) is 2. The van der Waals surface area contributed by atoms with Crippen molar-refractivity contribution in [2.24, 2.45) is 0 Å². The lowest BCUT2D eigenvalue weighted by Gasteiger charge is -2.19. The summed E-state index contributed by atoms with van der Waals surface area (Å²) in [5, 5.41) is 0. The first kappa shape index (κ1) is 19.3. The molecule has 0 aliphatic carbocycles. The molecule has 0 heterocycles. The van der Waals surface area contributed by atoms with Gasteiger partial charge in [0.25, 0.3) is 0 Å². The van der Waals surface area contributed by atoms with Gasteiger partial charge in [0, 0.05) is 19.7 Å². The van der Waals surface area contributed by atoms with Crippen molar-refractivity contribution in [2.45, 2.75) is 31.2 Å². The van der Waals surface area contributed by atoms with Gasteiger partial charge < -0.3 is 9.47 Å². The van der Waals surface area contributed by atoms with Crippen LogP contribution >= 0.6 is 0 Å². The second-order valence-corrected chi connectivity index (χ2v) is 8.19. The van der Waals surface area contributed by atoms with Gasteiger partial charge in [-0.15, -0.1) is 0 Å². The molecule has 0 fully saturated rings. The standard InChI is InChI=1S/C19H25NO4S/c1-14(2)16-8-6-15(7-9-16)13-20(3)25(21,22)19-12-17(23-4)10-11-18(19)24-5/h6-12,14H,13H2,1-5H3. The minimum absolute atomic E-state index is 0.0932. The van der Waals surface area contributed by atoms with Crippen LogP contribution in [0, 0.1) is 0 Å². The first-order valence-electron chi connectivity index (χ1n) is 8.06. The first-order chi connectivity index (χ1) is 11.8. The highest BCUT2D eigenvalue weighted by Gasteiger charge is 2.25. The number of rotatable bonds is 7. The Labute approximate surface area is 150 Å². The van der Waals surface area contributed by atoms with Gasteiger partial charge in [-0.25, -0.2) is 8.42 Å². The predicted molar refractivity (Wildman–Crippen MR) is 98.7 cm³/mol. The van der Waals surface area contributed by atoms with Gasteiger partial charge in [0.05, 0.1) is 14.2 Å². The Bertz CT molecular complexity index is 814. The summed E-state index contributed by atoms with van der Waals surface area (Å²) in [6.07, 6.45) is 0. The Morgan fingerprint density at radius 2 is 1.64 bits per heavy atom. The third-order valence-electron chi connectivity index (χ3n) is 4.11. The van der Waals surface area contributed by atoms with E-state index in [1.54, 1.807) is 19.2 Å². The molecule has 2 aromatic carbocycles. The van der Waals surface area contributed by atoms with Crippen molar-refractivity contribution in [1.82, 2.24) is 4.31 Å². The van der Waals surface area contributed by atoms with E-state index in [-0.39, 0.29) is 11.4 Å². The zero-order chi connectivity index (χ0) is 18.6. The highest BCUT2D eigenvalue weighted by molar-refractivity contribution is 7.89. The van der Waals surface area contributed by atoms with E-state index in [4.69, 9.17) is 9.47 Å². The average molecular weight is 363 g/mol. The summed E-state index contributed by atoms with van der Waals surface area (Å²) in [6.45, 7) is 4.53. The summed E-state index contributed by atoms with van der Waals surface area (Å²) < 4.78 is 37.6. The molecule has 136 valence electrons. The van der Waals surface area contributed by atoms with E-state index in [1.807, 2.05) is 24.3 Å². The Morgan fingerprint density at radius 1 is 1.00 bits per heavy atom. The fourth-order valence-electron chi connectivity index (χ4n) is 2.50. The number of methoxy groups -OCH3 is 2. The summed E-state index contributed by atoms with van der Waals surface area (Å²) in [5.74, 6) is 1.20. The highest BCUT2D eigenvalue weighted by Crippen LogP contribution is 2.30. The Balaban J connectivity index is 2.29. The smallest absolute Gasteiger partial charge is 0.246 e. The topological polar surface area (TPSA) is 55.8 Å². The van der Waals surface area contributed by atoms with Gasteiger partial charge in [-0.2, -0.15) is 4.31 Å². The third-order valence-corrected chi connectivity index (χ3v) is 5.94. The van der Waals surface area contributed by atoms with Crippen LogP contribution in [0.15, 0.2) is 47.4 Å². The molecule has 0 aliphatic rings. The van der Waals surface area contributed by atoms with Gasteiger partial charge in [0.1, 0.15) is 16.4 Å². The third kappa shape index (κ3) is 4.32. The summed E-state index contributed by atoms with van der Waals surface area (Å²) in [4.78, 5) is 0.0932. The summed E-state index contributed by atoms with van der Waals surface area (Å²) in [5.41, 5.74) is 2.15. The quantitative estimate of drug-likeness (QED) is 0.753. The second-order valence-electron chi connectivity index (χ2n) is 6.17. The summed E-state index contributed by atoms with van der Waals surface area (Å²) in [6, 6.07) is 12.7. The Morgan fingerprint density at radius 3 is 2.16 bits per heavy atom. The Kier molecular flexibility index (Phi) is 6.08. The molecule has 0 saturated carbocycles. The van der Waals surface area contributed by atoms with Crippen LogP contribution in [0.25, 0.3) is 0 Å². The molecular formula is C19H25NO4S. The molecule has 0 N–H and O–H groups in total. The Hall–Kier alpha value is -2.05. The zero-order valence-corrected chi connectivity index (χ0v) is 16.1. The number of benzene rings is 2. The van der Waals surface area contributed by atoms with Crippen molar-refractivity contribution in [2.75, 3.05) is 21.3 Å². The molecule has 0 amide bonds. The van der Waals surface area contributed by atoms with Crippen LogP contribution < -0.4 is 9.47 Å². The maximum Gasteiger partial charge on any atom is 0.246 e. The highest BCUT2D eigenvalue weighted by atomic mass is 32.2. The minimum Gasteiger partial charge on any atom is -0.497 e. The van der Waals surface area contributed by atoms with E-state index in [2.05, 4.69) is 13.8 Å². The molecule has 0 spiro atoms. The van der Waals surface area contributed by atoms with E-state index >= 15 is 0 Å². The van der Waals surface area contributed by atoms with Crippen LogP contribution in [0.5, 0.6) is 11.5 Å². The van der Waals surface area contributed by atoms with Crippen molar-refractivity contribution in [3.63, 3.8) is 0 Å². The molecule has 0 saturated heterocycles. The molecule has 6 heteroatoms. The molecule has 5 nitrogen and oxygen atoms in total. The van der Waals surface area contributed by atoms with Crippen molar-refractivity contribution in [3.05, 3.63) is 53.6 Å². The van der Waals surface area contributed by atoms with Crippen LogP contribution in [0.3, 0.4) is 0 Å². The van der Waals surface area contributed by atoms with Crippen LogP contribution in [0.4, 0.5) is 0 Å². The van der Waals surface area contributed by atoms with E-state index in [1.165, 1.54) is 30.2 Å². The van der Waals surface area contributed by atoms with Crippen LogP contribution in [-0.4, -0.2) is 34.0 Å². The van der Waals surface area contributed by atoms with Gasteiger partial charge in [-0.3, -0.25) is 0 Å². The van der Waals surface area contributed by atoms with Gasteiger partial charge in [-0.05, 0) is 29.2 Å². The normalized spacial score (nSPS) is 11.8. The van der Waals surface area contributed by atoms with Crippen LogP contribution in [0.1, 0.15) is 30.9 Å². The molecule has 2 aromatic rings. The van der Waals surface area contributed by atoms with Crippen molar-refractivity contribution >= 4 is 10.0 Å². The average Bonchev–Trinajstić information content (AvgIpc) is 2.61. The van der Waals surface area contributed by atoms with Crippen molar-refractivity contribution in [3.8, 4) is 11.5 Å². The van der Waals surface area contributed by atoms with Crippen LogP contribution in [-0.2, 0) is 16.6 Å². The molecular weight excluding hydrogens is 338 g/mol. The van der Waals surface area contributed by atoms with E-state index < -0.39 is 10.0 Å². The lowest BCUT2D eigenvalue weighted by Crippen LogP contribution is -2.27. The number of nitrogens with zero attached hydrogens (tertiary/aromatic N) is 1. The first-order valence-corrected chi connectivity index (χ1v) is 9.50. The molecule has 0 bridgehead atoms. The van der Waals surface area contributed by atoms with Crippen molar-refractivity contribution in [1.29, 1.82) is 0 Å². The van der Waals surface area contributed by atoms with Gasteiger partial charge in [0.15, 0.2) is 0 Å². The lowest BCUT2D eigenvalue weighted by molar-refractivity contribution is 0.388. The summed E-state index contributed by atoms with van der Waals surface area (Å²) in [7, 11) is 0.798. The molecule has 0 aromatic heterocycles. The number of sulfonamides is 1. The van der Waals surface area contributed by atoms with Gasteiger partial charge in [0.2, 0.25) is 10.0 Å². The summed E-state index contributed by atoms with van der Waals surface area (Å²) >= 11 is 0. The predicted octanol–water partition coefficient (Wildman–Crippen LogP) is 3.65. The fraction of sp³-hybridized carbons (Fsp3) is 0.368. The monoisotopic (exact) mass is 363 g/mol.